The van der Waals surface area contributed by atoms with E-state index in [1.165, 1.54) is 8.61 Å². The number of hydrogen-bond donors (Lipinski definition) is 1. The van der Waals surface area contributed by atoms with E-state index in [1.807, 2.05) is 0 Å². The molecule has 0 spiro atoms. The third kappa shape index (κ3) is 2.11. The normalized spacial score (nSPS) is 27.5. The van der Waals surface area contributed by atoms with Gasteiger partial charge in [0.1, 0.15) is 0 Å². The van der Waals surface area contributed by atoms with Crippen LogP contribution < -0.4 is 4.31 Å². The standard InChI is InChI=1S/C12H17N3O3S2/c13-19(16)10-9-15(11-5-1-2-6-12(11)19)20(17,18)14-7-3-4-8-14/h1-2,5-6,13H,3-4,7-10H2. The van der Waals surface area contributed by atoms with Crippen LogP contribution in [0.5, 0.6) is 0 Å². The number of hydrogen-bond acceptors (Lipinski definition) is 4. The number of nitrogens with zero attached hydrogens (tertiary/aromatic N) is 2. The highest BCUT2D eigenvalue weighted by Crippen LogP contribution is 2.34. The SMILES string of the molecule is N=S1(=O)CCN(S(=O)(=O)N2CCCC2)c2ccccc21. The highest BCUT2D eigenvalue weighted by molar-refractivity contribution is 7.93. The first-order chi connectivity index (χ1) is 9.43. The van der Waals surface area contributed by atoms with Crippen LogP contribution in [0.1, 0.15) is 12.8 Å². The molecule has 6 nitrogen and oxygen atoms in total. The second kappa shape index (κ2) is 4.71. The molecular formula is C12H17N3O3S2. The van der Waals surface area contributed by atoms with Crippen LogP contribution in [0.25, 0.3) is 0 Å². The Morgan fingerprint density at radius 3 is 2.45 bits per heavy atom. The van der Waals surface area contributed by atoms with Gasteiger partial charge >= 0.3 is 10.2 Å². The van der Waals surface area contributed by atoms with Gasteiger partial charge in [0.25, 0.3) is 0 Å². The molecule has 0 amide bonds. The third-order valence-electron chi connectivity index (χ3n) is 3.74. The Labute approximate surface area is 119 Å². The van der Waals surface area contributed by atoms with Gasteiger partial charge in [-0.05, 0) is 25.0 Å². The molecule has 1 fully saturated rings. The van der Waals surface area contributed by atoms with Crippen molar-refractivity contribution in [2.24, 2.45) is 0 Å². The molecule has 1 aromatic rings. The average Bonchev–Trinajstić information content (AvgIpc) is 2.93. The van der Waals surface area contributed by atoms with Gasteiger partial charge in [0, 0.05) is 19.6 Å². The Morgan fingerprint density at radius 1 is 1.10 bits per heavy atom. The van der Waals surface area contributed by atoms with Crippen LogP contribution in [0.2, 0.25) is 0 Å². The van der Waals surface area contributed by atoms with Gasteiger partial charge < -0.3 is 0 Å². The maximum absolute atomic E-state index is 12.7. The van der Waals surface area contributed by atoms with Crippen molar-refractivity contribution in [2.45, 2.75) is 17.7 Å². The van der Waals surface area contributed by atoms with Crippen LogP contribution in [-0.4, -0.2) is 42.3 Å². The van der Waals surface area contributed by atoms with Gasteiger partial charge in [0.05, 0.1) is 26.1 Å². The molecule has 0 radical (unpaired) electrons. The lowest BCUT2D eigenvalue weighted by Gasteiger charge is -2.33. The fourth-order valence-electron chi connectivity index (χ4n) is 2.68. The smallest absolute Gasteiger partial charge is 0.255 e. The Balaban J connectivity index is 2.08. The topological polar surface area (TPSA) is 81.5 Å². The molecule has 2 aliphatic heterocycles. The number of benzene rings is 1. The van der Waals surface area contributed by atoms with Gasteiger partial charge in [-0.2, -0.15) is 12.7 Å². The van der Waals surface area contributed by atoms with Gasteiger partial charge in [0.15, 0.2) is 0 Å². The van der Waals surface area contributed by atoms with Crippen molar-refractivity contribution in [3.8, 4) is 0 Å². The number of para-hydroxylation sites is 1. The molecule has 0 aliphatic carbocycles. The maximum atomic E-state index is 12.7. The zero-order valence-electron chi connectivity index (χ0n) is 11.0. The molecule has 1 saturated heterocycles. The summed E-state index contributed by atoms with van der Waals surface area (Å²) in [6, 6.07) is 6.64. The maximum Gasteiger partial charge on any atom is 0.304 e. The summed E-state index contributed by atoms with van der Waals surface area (Å²) >= 11 is 0. The van der Waals surface area contributed by atoms with Crippen molar-refractivity contribution >= 4 is 25.6 Å². The highest BCUT2D eigenvalue weighted by atomic mass is 32.2. The van der Waals surface area contributed by atoms with Crippen LogP contribution in [0.4, 0.5) is 5.69 Å². The van der Waals surface area contributed by atoms with E-state index in [0.29, 0.717) is 23.7 Å². The molecule has 20 heavy (non-hydrogen) atoms. The minimum Gasteiger partial charge on any atom is -0.255 e. The minimum atomic E-state index is -3.57. The van der Waals surface area contributed by atoms with Crippen LogP contribution in [0.3, 0.4) is 0 Å². The molecule has 3 rings (SSSR count). The fraction of sp³-hybridized carbons (Fsp3) is 0.500. The van der Waals surface area contributed by atoms with Gasteiger partial charge in [-0.1, -0.05) is 12.1 Å². The predicted octanol–water partition coefficient (Wildman–Crippen LogP) is 1.25. The van der Waals surface area contributed by atoms with E-state index in [0.717, 1.165) is 12.8 Å². The van der Waals surface area contributed by atoms with Crippen LogP contribution in [-0.2, 0) is 19.9 Å². The second-order valence-corrected chi connectivity index (χ2v) is 9.08. The van der Waals surface area contributed by atoms with E-state index in [1.54, 1.807) is 24.3 Å². The monoisotopic (exact) mass is 315 g/mol. The van der Waals surface area contributed by atoms with Gasteiger partial charge in [-0.25, -0.2) is 8.99 Å². The van der Waals surface area contributed by atoms with Crippen molar-refractivity contribution in [3.05, 3.63) is 24.3 Å². The second-order valence-electron chi connectivity index (χ2n) is 5.03. The Bertz CT molecular complexity index is 722. The average molecular weight is 315 g/mol. The highest BCUT2D eigenvalue weighted by Gasteiger charge is 2.37. The summed E-state index contributed by atoms with van der Waals surface area (Å²) < 4.78 is 48.3. The summed E-state index contributed by atoms with van der Waals surface area (Å²) in [5.74, 6) is 0.0527. The first-order valence-electron chi connectivity index (χ1n) is 6.56. The summed E-state index contributed by atoms with van der Waals surface area (Å²) in [5.41, 5.74) is 0.394. The summed E-state index contributed by atoms with van der Waals surface area (Å²) in [5, 5.41) is 0. The minimum absolute atomic E-state index is 0.0527. The van der Waals surface area contributed by atoms with Gasteiger partial charge in [-0.3, -0.25) is 4.31 Å². The molecule has 110 valence electrons. The first-order valence-corrected chi connectivity index (χ1v) is 9.69. The fourth-order valence-corrected chi connectivity index (χ4v) is 6.06. The summed E-state index contributed by atoms with van der Waals surface area (Å²) in [6.07, 6.45) is 1.76. The Hall–Kier alpha value is -1.12. The Morgan fingerprint density at radius 2 is 1.75 bits per heavy atom. The molecule has 0 aromatic heterocycles. The van der Waals surface area contributed by atoms with Gasteiger partial charge in [0.2, 0.25) is 0 Å². The first kappa shape index (κ1) is 13.8. The van der Waals surface area contributed by atoms with Crippen molar-refractivity contribution in [2.75, 3.05) is 29.7 Å². The number of fused-ring (bicyclic) bond motifs is 1. The zero-order valence-corrected chi connectivity index (χ0v) is 12.6. The van der Waals surface area contributed by atoms with E-state index >= 15 is 0 Å². The molecule has 1 N–H and O–H groups in total. The van der Waals surface area contributed by atoms with Crippen molar-refractivity contribution in [1.82, 2.24) is 4.31 Å². The molecule has 0 bridgehead atoms. The van der Waals surface area contributed by atoms with Crippen LogP contribution in [0.15, 0.2) is 29.2 Å². The Kier molecular flexibility index (Phi) is 3.26. The zero-order chi connectivity index (χ0) is 14.4. The van der Waals surface area contributed by atoms with E-state index < -0.39 is 19.9 Å². The molecule has 2 heterocycles. The molecule has 0 saturated carbocycles. The van der Waals surface area contributed by atoms with Crippen LogP contribution in [0, 0.1) is 4.78 Å². The number of anilines is 1. The summed E-state index contributed by atoms with van der Waals surface area (Å²) in [4.78, 5) is 0.328. The van der Waals surface area contributed by atoms with E-state index in [-0.39, 0.29) is 12.3 Å². The lowest BCUT2D eigenvalue weighted by atomic mass is 10.3. The largest absolute Gasteiger partial charge is 0.304 e. The molecular weight excluding hydrogens is 298 g/mol. The molecule has 1 atom stereocenters. The molecule has 1 unspecified atom stereocenters. The van der Waals surface area contributed by atoms with E-state index in [4.69, 9.17) is 4.78 Å². The molecule has 2 aliphatic rings. The molecule has 1 aromatic carbocycles. The molecule has 8 heteroatoms. The van der Waals surface area contributed by atoms with E-state index in [2.05, 4.69) is 0 Å². The lowest BCUT2D eigenvalue weighted by molar-refractivity contribution is 0.473. The summed E-state index contributed by atoms with van der Waals surface area (Å²) in [6.45, 7) is 1.19. The van der Waals surface area contributed by atoms with E-state index in [9.17, 15) is 12.6 Å². The van der Waals surface area contributed by atoms with Crippen molar-refractivity contribution in [1.29, 1.82) is 4.78 Å². The third-order valence-corrected chi connectivity index (χ3v) is 7.51. The van der Waals surface area contributed by atoms with Crippen molar-refractivity contribution < 1.29 is 12.6 Å². The van der Waals surface area contributed by atoms with Crippen molar-refractivity contribution in [3.63, 3.8) is 0 Å². The number of nitrogens with one attached hydrogen (secondary N) is 1. The summed E-state index contributed by atoms with van der Waals surface area (Å²) in [7, 11) is -6.45. The predicted molar refractivity (Wildman–Crippen MR) is 77.5 cm³/mol. The lowest BCUT2D eigenvalue weighted by Crippen LogP contribution is -2.46. The van der Waals surface area contributed by atoms with Crippen LogP contribution >= 0.6 is 0 Å². The van der Waals surface area contributed by atoms with Gasteiger partial charge in [-0.15, -0.1) is 0 Å². The quantitative estimate of drug-likeness (QED) is 0.892. The number of rotatable bonds is 2.